The van der Waals surface area contributed by atoms with Gasteiger partial charge in [0.1, 0.15) is 5.82 Å². The van der Waals surface area contributed by atoms with Crippen molar-refractivity contribution >= 4 is 5.52 Å². The SMILES string of the molecule is CN1CNNC1[C@@H](c1cc(F)cc(-n2cc3c(C(F)(F)F)cc(CN4CC5(CC5)C4)cn3c2=O)c1)C1CCC1. The van der Waals surface area contributed by atoms with Crippen molar-refractivity contribution in [2.75, 3.05) is 26.8 Å². The molecule has 2 aliphatic carbocycles. The highest BCUT2D eigenvalue weighted by atomic mass is 19.4. The number of nitrogens with zero attached hydrogens (tertiary/aromatic N) is 4. The summed E-state index contributed by atoms with van der Waals surface area (Å²) in [6.45, 7) is 2.77. The van der Waals surface area contributed by atoms with Gasteiger partial charge < -0.3 is 0 Å². The third-order valence-corrected chi connectivity index (χ3v) is 9.23. The van der Waals surface area contributed by atoms with Gasteiger partial charge in [-0.2, -0.15) is 13.2 Å². The summed E-state index contributed by atoms with van der Waals surface area (Å²) in [6.07, 6.45) is 3.50. The molecule has 2 aromatic heterocycles. The van der Waals surface area contributed by atoms with Crippen molar-refractivity contribution in [2.45, 2.75) is 56.9 Å². The van der Waals surface area contributed by atoms with E-state index in [0.717, 1.165) is 52.9 Å². The van der Waals surface area contributed by atoms with Crippen LogP contribution < -0.4 is 16.5 Å². The molecule has 0 radical (unpaired) electrons. The van der Waals surface area contributed by atoms with Crippen LogP contribution in [0, 0.1) is 17.2 Å². The fraction of sp³-hybridized carbons (Fsp3) is 0.536. The Hall–Kier alpha value is -2.73. The van der Waals surface area contributed by atoms with Crippen molar-refractivity contribution in [3.8, 4) is 5.69 Å². The average Bonchev–Trinajstić information content (AvgIpc) is 3.40. The van der Waals surface area contributed by atoms with Crippen molar-refractivity contribution in [3.05, 3.63) is 69.7 Å². The van der Waals surface area contributed by atoms with Crippen molar-refractivity contribution in [2.24, 2.45) is 11.3 Å². The highest BCUT2D eigenvalue weighted by molar-refractivity contribution is 5.58. The molecule has 1 spiro atoms. The molecule has 2 saturated heterocycles. The van der Waals surface area contributed by atoms with Crippen molar-refractivity contribution in [1.29, 1.82) is 0 Å². The molecule has 7 rings (SSSR count). The van der Waals surface area contributed by atoms with Gasteiger partial charge in [-0.1, -0.05) is 6.42 Å². The van der Waals surface area contributed by atoms with E-state index in [2.05, 4.69) is 20.7 Å². The molecule has 2 N–H and O–H groups in total. The zero-order valence-electron chi connectivity index (χ0n) is 21.8. The zero-order chi connectivity index (χ0) is 27.1. The van der Waals surface area contributed by atoms with Gasteiger partial charge in [0.15, 0.2) is 0 Å². The second-order valence-electron chi connectivity index (χ2n) is 12.1. The molecule has 2 aliphatic heterocycles. The van der Waals surface area contributed by atoms with Crippen LogP contribution in [0.5, 0.6) is 0 Å². The van der Waals surface area contributed by atoms with Gasteiger partial charge in [0.25, 0.3) is 0 Å². The number of hydrogen-bond acceptors (Lipinski definition) is 5. The van der Waals surface area contributed by atoms with Crippen LogP contribution in [0.15, 0.2) is 41.5 Å². The molecule has 2 saturated carbocycles. The number of hydrazine groups is 1. The number of fused-ring (bicyclic) bond motifs is 1. The molecular weight excluding hydrogens is 512 g/mol. The number of alkyl halides is 3. The Morgan fingerprint density at radius 1 is 1.10 bits per heavy atom. The first kappa shape index (κ1) is 25.3. The molecule has 208 valence electrons. The van der Waals surface area contributed by atoms with Gasteiger partial charge in [-0.15, -0.1) is 0 Å². The topological polar surface area (TPSA) is 56.9 Å². The molecule has 39 heavy (non-hydrogen) atoms. The number of nitrogens with one attached hydrogen (secondary N) is 2. The summed E-state index contributed by atoms with van der Waals surface area (Å²) in [6, 6.07) is 5.61. The number of likely N-dealkylation sites (tertiary alicyclic amines) is 1. The van der Waals surface area contributed by atoms with Gasteiger partial charge in [0.2, 0.25) is 0 Å². The third-order valence-electron chi connectivity index (χ3n) is 9.23. The number of pyridine rings is 1. The van der Waals surface area contributed by atoms with E-state index in [0.29, 0.717) is 30.1 Å². The monoisotopic (exact) mass is 544 g/mol. The molecule has 4 fully saturated rings. The van der Waals surface area contributed by atoms with Gasteiger partial charge in [-0.05, 0) is 79.5 Å². The number of benzene rings is 1. The van der Waals surface area contributed by atoms with Crippen LogP contribution in [0.2, 0.25) is 0 Å². The summed E-state index contributed by atoms with van der Waals surface area (Å²) in [7, 11) is 1.98. The predicted octanol–water partition coefficient (Wildman–Crippen LogP) is 4.05. The molecule has 4 aliphatic rings. The van der Waals surface area contributed by atoms with Crippen LogP contribution in [0.25, 0.3) is 11.2 Å². The predicted molar refractivity (Wildman–Crippen MR) is 138 cm³/mol. The molecule has 1 aromatic carbocycles. The molecule has 1 unspecified atom stereocenters. The minimum absolute atomic E-state index is 0.0374. The van der Waals surface area contributed by atoms with E-state index < -0.39 is 23.2 Å². The Balaban J connectivity index is 1.30. The van der Waals surface area contributed by atoms with E-state index in [-0.39, 0.29) is 23.3 Å². The van der Waals surface area contributed by atoms with Crippen molar-refractivity contribution < 1.29 is 17.6 Å². The molecule has 0 amide bonds. The normalized spacial score (nSPS) is 24.3. The standard InChI is InChI=1S/C28H32F4N6O/c1-35-16-33-34-25(35)24(18-3-2-4-18)19-8-20(29)10-21(9-19)37-13-23-22(28(30,31)32)7-17(12-38(23)26(37)39)11-36-14-27(15-36)5-6-27/h7-10,12-13,18,24-25,33-34H,2-6,11,14-16H2,1H3/t24-,25?/m1/s1. The maximum Gasteiger partial charge on any atom is 0.418 e. The molecule has 11 heteroatoms. The lowest BCUT2D eigenvalue weighted by atomic mass is 9.71. The molecule has 3 aromatic rings. The lowest BCUT2D eigenvalue weighted by Gasteiger charge is -2.40. The summed E-state index contributed by atoms with van der Waals surface area (Å²) < 4.78 is 59.8. The Kier molecular flexibility index (Phi) is 5.75. The summed E-state index contributed by atoms with van der Waals surface area (Å²) in [5.41, 5.74) is 6.45. The number of aromatic nitrogens is 2. The molecule has 4 heterocycles. The van der Waals surface area contributed by atoms with E-state index in [4.69, 9.17) is 0 Å². The highest BCUT2D eigenvalue weighted by Gasteiger charge is 2.52. The third kappa shape index (κ3) is 4.39. The van der Waals surface area contributed by atoms with Crippen LogP contribution in [0.4, 0.5) is 17.6 Å². The molecule has 7 nitrogen and oxygen atoms in total. The fourth-order valence-electron chi connectivity index (χ4n) is 6.80. The van der Waals surface area contributed by atoms with Gasteiger partial charge >= 0.3 is 11.9 Å². The Labute approximate surface area is 223 Å². The van der Waals surface area contributed by atoms with E-state index in [1.807, 2.05) is 7.05 Å². The number of halogens is 4. The highest BCUT2D eigenvalue weighted by Crippen LogP contribution is 2.53. The van der Waals surface area contributed by atoms with Gasteiger partial charge in [-0.3, -0.25) is 18.8 Å². The second-order valence-corrected chi connectivity index (χ2v) is 12.1. The number of hydrogen-bond donors (Lipinski definition) is 2. The smallest absolute Gasteiger partial charge is 0.298 e. The minimum atomic E-state index is -4.64. The summed E-state index contributed by atoms with van der Waals surface area (Å²) >= 11 is 0. The maximum absolute atomic E-state index is 15.1. The van der Waals surface area contributed by atoms with Crippen LogP contribution in [-0.4, -0.2) is 51.7 Å². The second kappa shape index (κ2) is 8.89. The summed E-state index contributed by atoms with van der Waals surface area (Å²) in [5, 5.41) is 0. The van der Waals surface area contributed by atoms with E-state index in [1.165, 1.54) is 37.4 Å². The first-order valence-corrected chi connectivity index (χ1v) is 13.7. The lowest BCUT2D eigenvalue weighted by Crippen LogP contribution is -2.47. The maximum atomic E-state index is 15.1. The van der Waals surface area contributed by atoms with Crippen molar-refractivity contribution in [1.82, 2.24) is 29.6 Å². The van der Waals surface area contributed by atoms with Gasteiger partial charge in [-0.25, -0.2) is 20.0 Å². The summed E-state index contributed by atoms with van der Waals surface area (Å²) in [5.74, 6) is -0.212. The van der Waals surface area contributed by atoms with Crippen LogP contribution in [-0.2, 0) is 12.7 Å². The number of likely N-dealkylation sites (N-methyl/N-ethyl adjacent to an activating group) is 1. The average molecular weight is 545 g/mol. The van der Waals surface area contributed by atoms with Gasteiger partial charge in [0.05, 0.1) is 29.6 Å². The summed E-state index contributed by atoms with van der Waals surface area (Å²) in [4.78, 5) is 17.8. The Bertz CT molecular complexity index is 1480. The van der Waals surface area contributed by atoms with Crippen LogP contribution in [0.1, 0.15) is 54.7 Å². The first-order valence-electron chi connectivity index (χ1n) is 13.7. The Morgan fingerprint density at radius 3 is 2.49 bits per heavy atom. The Morgan fingerprint density at radius 2 is 1.87 bits per heavy atom. The van der Waals surface area contributed by atoms with E-state index in [9.17, 15) is 18.0 Å². The van der Waals surface area contributed by atoms with E-state index in [1.54, 1.807) is 6.07 Å². The van der Waals surface area contributed by atoms with E-state index >= 15 is 4.39 Å². The van der Waals surface area contributed by atoms with Gasteiger partial charge in [0, 0.05) is 37.9 Å². The fourth-order valence-corrected chi connectivity index (χ4v) is 6.80. The van der Waals surface area contributed by atoms with Crippen LogP contribution in [0.3, 0.4) is 0 Å². The van der Waals surface area contributed by atoms with Crippen molar-refractivity contribution in [3.63, 3.8) is 0 Å². The number of rotatable bonds is 6. The molecule has 2 atom stereocenters. The quantitative estimate of drug-likeness (QED) is 0.459. The van der Waals surface area contributed by atoms with Crippen LogP contribution >= 0.6 is 0 Å². The zero-order valence-corrected chi connectivity index (χ0v) is 21.8. The molecular formula is C28H32F4N6O. The molecule has 0 bridgehead atoms. The first-order chi connectivity index (χ1) is 18.6. The minimum Gasteiger partial charge on any atom is -0.298 e. The lowest BCUT2D eigenvalue weighted by molar-refractivity contribution is -0.136. The largest absolute Gasteiger partial charge is 0.418 e. The number of imidazole rings is 1.